The van der Waals surface area contributed by atoms with Crippen LogP contribution in [0.15, 0.2) is 41.3 Å². The molecule has 2 rings (SSSR count). The van der Waals surface area contributed by atoms with E-state index in [1.165, 1.54) is 32.2 Å². The molecule has 0 aliphatic rings. The van der Waals surface area contributed by atoms with Gasteiger partial charge in [-0.3, -0.25) is 4.79 Å². The molecule has 0 aromatic heterocycles. The molecule has 0 fully saturated rings. The van der Waals surface area contributed by atoms with Crippen LogP contribution < -0.4 is 14.8 Å². The number of methoxy groups -OCH3 is 1. The van der Waals surface area contributed by atoms with Crippen LogP contribution in [-0.2, 0) is 14.8 Å². The van der Waals surface area contributed by atoms with Crippen molar-refractivity contribution in [1.29, 1.82) is 0 Å². The molecule has 2 N–H and O–H groups in total. The predicted molar refractivity (Wildman–Crippen MR) is 92.8 cm³/mol. The maximum absolute atomic E-state index is 13.2. The number of ether oxygens (including phenoxy) is 1. The predicted octanol–water partition coefficient (Wildman–Crippen LogP) is 2.93. The standard InChI is InChI=1S/C16H15ClF2N2O4S/c1-9(16(22)20-11-4-5-12(18)13(19)8-11)21-26(23,24)15-7-10(17)3-6-14(15)25-2/h3-9,21H,1-2H3,(H,20,22)/t9-/m0/s1. The molecule has 0 saturated heterocycles. The summed E-state index contributed by atoms with van der Waals surface area (Å²) in [5.74, 6) is -2.92. The Hall–Kier alpha value is -2.23. The fourth-order valence-corrected chi connectivity index (χ4v) is 3.67. The van der Waals surface area contributed by atoms with Crippen molar-refractivity contribution >= 4 is 33.2 Å². The van der Waals surface area contributed by atoms with Crippen LogP contribution in [0.1, 0.15) is 6.92 Å². The minimum Gasteiger partial charge on any atom is -0.495 e. The van der Waals surface area contributed by atoms with E-state index in [0.717, 1.165) is 18.2 Å². The lowest BCUT2D eigenvalue weighted by Crippen LogP contribution is -2.41. The molecule has 0 saturated carbocycles. The number of hydrogen-bond acceptors (Lipinski definition) is 4. The number of sulfonamides is 1. The van der Waals surface area contributed by atoms with Crippen LogP contribution in [0, 0.1) is 11.6 Å². The van der Waals surface area contributed by atoms with Crippen LogP contribution in [0.25, 0.3) is 0 Å². The van der Waals surface area contributed by atoms with Gasteiger partial charge in [0.2, 0.25) is 15.9 Å². The lowest BCUT2D eigenvalue weighted by molar-refractivity contribution is -0.117. The van der Waals surface area contributed by atoms with Crippen molar-refractivity contribution in [2.75, 3.05) is 12.4 Å². The van der Waals surface area contributed by atoms with Gasteiger partial charge in [-0.25, -0.2) is 17.2 Å². The van der Waals surface area contributed by atoms with Gasteiger partial charge in [0.25, 0.3) is 0 Å². The zero-order chi connectivity index (χ0) is 19.5. The molecule has 140 valence electrons. The van der Waals surface area contributed by atoms with E-state index in [1.807, 2.05) is 0 Å². The van der Waals surface area contributed by atoms with Crippen molar-refractivity contribution in [3.63, 3.8) is 0 Å². The van der Waals surface area contributed by atoms with E-state index in [-0.39, 0.29) is 21.4 Å². The van der Waals surface area contributed by atoms with Gasteiger partial charge in [-0.2, -0.15) is 4.72 Å². The summed E-state index contributed by atoms with van der Waals surface area (Å²) in [5.41, 5.74) is -0.0136. The third-order valence-corrected chi connectivity index (χ3v) is 5.12. The van der Waals surface area contributed by atoms with Gasteiger partial charge in [-0.1, -0.05) is 11.6 Å². The molecule has 10 heteroatoms. The largest absolute Gasteiger partial charge is 0.495 e. The summed E-state index contributed by atoms with van der Waals surface area (Å²) in [6, 6.07) is 5.59. The Balaban J connectivity index is 2.17. The van der Waals surface area contributed by atoms with Crippen LogP contribution in [0.3, 0.4) is 0 Å². The van der Waals surface area contributed by atoms with Crippen molar-refractivity contribution in [2.45, 2.75) is 17.9 Å². The van der Waals surface area contributed by atoms with Gasteiger partial charge < -0.3 is 10.1 Å². The third kappa shape index (κ3) is 4.69. The zero-order valence-corrected chi connectivity index (χ0v) is 15.3. The summed E-state index contributed by atoms with van der Waals surface area (Å²) in [6.07, 6.45) is 0. The molecule has 6 nitrogen and oxygen atoms in total. The summed E-state index contributed by atoms with van der Waals surface area (Å²) in [5, 5.41) is 2.47. The molecule has 0 bridgehead atoms. The molecule has 0 radical (unpaired) electrons. The molecular formula is C16H15ClF2N2O4S. The highest BCUT2D eigenvalue weighted by molar-refractivity contribution is 7.89. The number of halogens is 3. The van der Waals surface area contributed by atoms with Crippen molar-refractivity contribution in [1.82, 2.24) is 4.72 Å². The first-order chi connectivity index (χ1) is 12.1. The van der Waals surface area contributed by atoms with Crippen LogP contribution in [0.4, 0.5) is 14.5 Å². The number of rotatable bonds is 6. The summed E-state index contributed by atoms with van der Waals surface area (Å²) >= 11 is 5.82. The number of benzene rings is 2. The normalized spacial score (nSPS) is 12.5. The second kappa shape index (κ2) is 7.98. The SMILES string of the molecule is COc1ccc(Cl)cc1S(=O)(=O)N[C@@H](C)C(=O)Nc1ccc(F)c(F)c1. The van der Waals surface area contributed by atoms with E-state index < -0.39 is 33.6 Å². The number of carbonyl (C=O) groups excluding carboxylic acids is 1. The van der Waals surface area contributed by atoms with Crippen molar-refractivity contribution in [3.8, 4) is 5.75 Å². The topological polar surface area (TPSA) is 84.5 Å². The molecule has 2 aromatic rings. The lowest BCUT2D eigenvalue weighted by atomic mass is 10.2. The number of anilines is 1. The molecule has 0 aliphatic heterocycles. The molecule has 1 atom stereocenters. The van der Waals surface area contributed by atoms with E-state index in [4.69, 9.17) is 16.3 Å². The highest BCUT2D eigenvalue weighted by Gasteiger charge is 2.25. The van der Waals surface area contributed by atoms with Gasteiger partial charge in [-0.15, -0.1) is 0 Å². The Bertz CT molecular complexity index is 938. The maximum Gasteiger partial charge on any atom is 0.245 e. The van der Waals surface area contributed by atoms with Crippen molar-refractivity contribution in [2.24, 2.45) is 0 Å². The first-order valence-electron chi connectivity index (χ1n) is 7.26. The number of carbonyl (C=O) groups is 1. The second-order valence-corrected chi connectivity index (χ2v) is 7.38. The minimum atomic E-state index is -4.13. The average molecular weight is 405 g/mol. The third-order valence-electron chi connectivity index (χ3n) is 3.33. The van der Waals surface area contributed by atoms with E-state index in [1.54, 1.807) is 0 Å². The molecule has 2 aromatic carbocycles. The molecule has 26 heavy (non-hydrogen) atoms. The molecule has 0 spiro atoms. The smallest absolute Gasteiger partial charge is 0.245 e. The Kier molecular flexibility index (Phi) is 6.17. The molecule has 0 heterocycles. The lowest BCUT2D eigenvalue weighted by Gasteiger charge is -2.16. The second-order valence-electron chi connectivity index (χ2n) is 5.26. The molecule has 0 unspecified atom stereocenters. The van der Waals surface area contributed by atoms with E-state index in [9.17, 15) is 22.0 Å². The average Bonchev–Trinajstić information content (AvgIpc) is 2.57. The first-order valence-corrected chi connectivity index (χ1v) is 9.12. The molecular weight excluding hydrogens is 390 g/mol. The minimum absolute atomic E-state index is 0.0136. The highest BCUT2D eigenvalue weighted by atomic mass is 35.5. The summed E-state index contributed by atoms with van der Waals surface area (Å²) in [7, 11) is -2.84. The number of nitrogens with one attached hydrogen (secondary N) is 2. The van der Waals surface area contributed by atoms with Gasteiger partial charge in [0, 0.05) is 16.8 Å². The summed E-state index contributed by atoms with van der Waals surface area (Å²) < 4.78 is 58.2. The monoisotopic (exact) mass is 404 g/mol. The molecule has 1 amide bonds. The van der Waals surface area contributed by atoms with Gasteiger partial charge in [0.15, 0.2) is 11.6 Å². The van der Waals surface area contributed by atoms with Crippen LogP contribution in [0.5, 0.6) is 5.75 Å². The van der Waals surface area contributed by atoms with Crippen LogP contribution >= 0.6 is 11.6 Å². The zero-order valence-electron chi connectivity index (χ0n) is 13.7. The van der Waals surface area contributed by atoms with Crippen molar-refractivity contribution < 1.29 is 26.7 Å². The van der Waals surface area contributed by atoms with E-state index >= 15 is 0 Å². The Morgan fingerprint density at radius 1 is 1.15 bits per heavy atom. The van der Waals surface area contributed by atoms with Crippen LogP contribution in [-0.4, -0.2) is 27.5 Å². The van der Waals surface area contributed by atoms with E-state index in [0.29, 0.717) is 0 Å². The Morgan fingerprint density at radius 2 is 1.85 bits per heavy atom. The fraction of sp³-hybridized carbons (Fsp3) is 0.188. The van der Waals surface area contributed by atoms with Crippen molar-refractivity contribution in [3.05, 3.63) is 53.1 Å². The van der Waals surface area contributed by atoms with Gasteiger partial charge in [-0.05, 0) is 37.3 Å². The van der Waals surface area contributed by atoms with Gasteiger partial charge >= 0.3 is 0 Å². The highest BCUT2D eigenvalue weighted by Crippen LogP contribution is 2.27. The summed E-state index contributed by atoms with van der Waals surface area (Å²) in [4.78, 5) is 11.9. The van der Waals surface area contributed by atoms with Crippen LogP contribution in [0.2, 0.25) is 5.02 Å². The first kappa shape index (κ1) is 20.1. The Labute approximate surface area is 154 Å². The number of hydrogen-bond donors (Lipinski definition) is 2. The summed E-state index contributed by atoms with van der Waals surface area (Å²) in [6.45, 7) is 1.30. The number of amides is 1. The van der Waals surface area contributed by atoms with E-state index in [2.05, 4.69) is 10.0 Å². The fourth-order valence-electron chi connectivity index (χ4n) is 2.03. The Morgan fingerprint density at radius 3 is 2.46 bits per heavy atom. The maximum atomic E-state index is 13.2. The molecule has 0 aliphatic carbocycles. The quantitative estimate of drug-likeness (QED) is 0.775. The van der Waals surface area contributed by atoms with Gasteiger partial charge in [0.1, 0.15) is 10.6 Å². The van der Waals surface area contributed by atoms with Gasteiger partial charge in [0.05, 0.1) is 13.2 Å².